The Balaban J connectivity index is 1.58. The molecule has 1 amide bonds. The molecule has 0 radical (unpaired) electrons. The lowest BCUT2D eigenvalue weighted by molar-refractivity contribution is -0.384. The Hall–Kier alpha value is -3.68. The summed E-state index contributed by atoms with van der Waals surface area (Å²) < 4.78 is 4.01. The second-order valence-electron chi connectivity index (χ2n) is 7.37. The van der Waals surface area contributed by atoms with Crippen LogP contribution >= 0.6 is 15.9 Å². The van der Waals surface area contributed by atoms with E-state index in [0.717, 1.165) is 4.47 Å². The smallest absolute Gasteiger partial charge is 0.272 e. The molecule has 2 atom stereocenters. The number of aryl methyl sites for hydroxylation is 1. The predicted octanol–water partition coefficient (Wildman–Crippen LogP) is 2.11. The summed E-state index contributed by atoms with van der Waals surface area (Å²) >= 11 is 3.49. The molecule has 0 fully saturated rings. The van der Waals surface area contributed by atoms with Crippen LogP contribution in [0.3, 0.4) is 0 Å². The largest absolute Gasteiger partial charge is 0.394 e. The quantitative estimate of drug-likeness (QED) is 0.231. The molecule has 0 aliphatic heterocycles. The molecule has 3 N–H and O–H groups in total. The Kier molecular flexibility index (Phi) is 6.68. The highest BCUT2D eigenvalue weighted by Crippen LogP contribution is 2.27. The number of carbonyl (C=O) groups excluding carboxylic acids is 1. The minimum atomic E-state index is -1.30. The fourth-order valence-electron chi connectivity index (χ4n) is 3.41. The van der Waals surface area contributed by atoms with Crippen LogP contribution in [0, 0.1) is 10.1 Å². The zero-order valence-electron chi connectivity index (χ0n) is 17.9. The summed E-state index contributed by atoms with van der Waals surface area (Å²) in [5.74, 6) is -0.630. The van der Waals surface area contributed by atoms with Gasteiger partial charge in [-0.1, -0.05) is 0 Å². The molecule has 0 aliphatic carbocycles. The number of hydrogen-bond acceptors (Lipinski definition) is 8. The van der Waals surface area contributed by atoms with Crippen molar-refractivity contribution in [3.63, 3.8) is 0 Å². The number of nitro benzene ring substituents is 1. The molecule has 4 rings (SSSR count). The first-order valence-corrected chi connectivity index (χ1v) is 11.0. The van der Waals surface area contributed by atoms with Gasteiger partial charge >= 0.3 is 0 Å². The number of benzene rings is 1. The fourth-order valence-corrected chi connectivity index (χ4v) is 3.93. The van der Waals surface area contributed by atoms with E-state index in [1.54, 1.807) is 16.9 Å². The molecule has 176 valence electrons. The van der Waals surface area contributed by atoms with Gasteiger partial charge in [-0.3, -0.25) is 19.6 Å². The van der Waals surface area contributed by atoms with Crippen LogP contribution < -0.4 is 5.32 Å². The summed E-state index contributed by atoms with van der Waals surface area (Å²) in [5.41, 5.74) is 1.86. The molecule has 13 heteroatoms. The lowest BCUT2D eigenvalue weighted by atomic mass is 10.0. The number of aliphatic hydroxyl groups excluding tert-OH is 2. The van der Waals surface area contributed by atoms with Crippen LogP contribution in [0.2, 0.25) is 0 Å². The Bertz CT molecular complexity index is 1350. The molecule has 0 saturated heterocycles. The van der Waals surface area contributed by atoms with Gasteiger partial charge in [-0.2, -0.15) is 10.2 Å². The second-order valence-corrected chi connectivity index (χ2v) is 8.22. The number of halogens is 1. The molecule has 3 heterocycles. The summed E-state index contributed by atoms with van der Waals surface area (Å²) in [6, 6.07) is 7.35. The zero-order chi connectivity index (χ0) is 24.4. The van der Waals surface area contributed by atoms with Crippen molar-refractivity contribution in [1.29, 1.82) is 0 Å². The maximum Gasteiger partial charge on any atom is 0.272 e. The number of carbonyl (C=O) groups is 1. The molecule has 12 nitrogen and oxygen atoms in total. The first-order chi connectivity index (χ1) is 16.3. The molecule has 0 saturated carbocycles. The third kappa shape index (κ3) is 4.53. The molecule has 0 bridgehead atoms. The van der Waals surface area contributed by atoms with Crippen molar-refractivity contribution in [3.8, 4) is 11.4 Å². The number of aliphatic hydroxyl groups is 2. The van der Waals surface area contributed by atoms with Gasteiger partial charge in [-0.05, 0) is 46.6 Å². The number of nitro groups is 1. The summed E-state index contributed by atoms with van der Waals surface area (Å²) in [6.45, 7) is 2.08. The molecule has 0 spiro atoms. The van der Waals surface area contributed by atoms with Gasteiger partial charge in [0.2, 0.25) is 0 Å². The van der Waals surface area contributed by atoms with Crippen molar-refractivity contribution < 1.29 is 19.9 Å². The van der Waals surface area contributed by atoms with Crippen LogP contribution in [0.5, 0.6) is 0 Å². The van der Waals surface area contributed by atoms with E-state index in [9.17, 15) is 25.1 Å². The number of non-ortho nitro benzene ring substituents is 1. The number of nitrogens with one attached hydrogen (secondary N) is 1. The van der Waals surface area contributed by atoms with Crippen molar-refractivity contribution in [2.75, 3.05) is 6.61 Å². The van der Waals surface area contributed by atoms with E-state index in [-0.39, 0.29) is 11.4 Å². The molecule has 34 heavy (non-hydrogen) atoms. The highest BCUT2D eigenvalue weighted by Gasteiger charge is 2.25. The first kappa shape index (κ1) is 23.5. The highest BCUT2D eigenvalue weighted by atomic mass is 79.9. The van der Waals surface area contributed by atoms with Gasteiger partial charge in [0.25, 0.3) is 11.6 Å². The third-order valence-electron chi connectivity index (χ3n) is 5.21. The monoisotopic (exact) mass is 529 g/mol. The third-order valence-corrected chi connectivity index (χ3v) is 5.79. The average Bonchev–Trinajstić information content (AvgIpc) is 3.45. The molecular weight excluding hydrogens is 510 g/mol. The first-order valence-electron chi connectivity index (χ1n) is 10.2. The van der Waals surface area contributed by atoms with Crippen LogP contribution in [0.4, 0.5) is 5.69 Å². The van der Waals surface area contributed by atoms with Gasteiger partial charge in [-0.15, -0.1) is 0 Å². The Morgan fingerprint density at radius 1 is 1.26 bits per heavy atom. The van der Waals surface area contributed by atoms with Crippen molar-refractivity contribution in [3.05, 3.63) is 74.6 Å². The minimum absolute atomic E-state index is 0.0281. The SMILES string of the molecule is CCn1cc(Br)c(-c2ccnc3cc(C(=O)NC(CO)C(O)c4ccc([N+](=O)[O-])cc4)nn23)n1. The summed E-state index contributed by atoms with van der Waals surface area (Å²) in [6.07, 6.45) is 2.12. The minimum Gasteiger partial charge on any atom is -0.394 e. The lowest BCUT2D eigenvalue weighted by Crippen LogP contribution is -2.42. The van der Waals surface area contributed by atoms with Gasteiger partial charge in [-0.25, -0.2) is 9.50 Å². The molecule has 2 unspecified atom stereocenters. The van der Waals surface area contributed by atoms with Crippen LogP contribution in [0.1, 0.15) is 29.1 Å². The van der Waals surface area contributed by atoms with Crippen molar-refractivity contribution >= 4 is 33.2 Å². The molecule has 4 aromatic rings. The molecular formula is C21H20BrN7O5. The number of nitrogens with zero attached hydrogens (tertiary/aromatic N) is 6. The van der Waals surface area contributed by atoms with E-state index in [2.05, 4.69) is 36.4 Å². The van der Waals surface area contributed by atoms with Crippen LogP contribution in [0.25, 0.3) is 17.0 Å². The van der Waals surface area contributed by atoms with E-state index < -0.39 is 29.6 Å². The highest BCUT2D eigenvalue weighted by molar-refractivity contribution is 9.10. The maximum atomic E-state index is 12.9. The van der Waals surface area contributed by atoms with Gasteiger partial charge in [0.1, 0.15) is 11.8 Å². The van der Waals surface area contributed by atoms with Crippen LogP contribution in [0.15, 0.2) is 53.3 Å². The van der Waals surface area contributed by atoms with Crippen LogP contribution in [-0.2, 0) is 6.54 Å². The van der Waals surface area contributed by atoms with Crippen LogP contribution in [-0.4, -0.2) is 58.1 Å². The topological polar surface area (TPSA) is 161 Å². The summed E-state index contributed by atoms with van der Waals surface area (Å²) in [5, 5.41) is 42.6. The standard InChI is InChI=1S/C21H20BrN7O5/c1-2-27-10-14(22)19(26-27)17-7-8-23-18-9-15(25-28(17)18)21(32)24-16(11-30)20(31)12-3-5-13(6-4-12)29(33)34/h3-10,16,20,30-31H,2,11H2,1H3,(H,24,32). The van der Waals surface area contributed by atoms with Gasteiger partial charge < -0.3 is 15.5 Å². The Morgan fingerprint density at radius 2 is 2.00 bits per heavy atom. The number of hydrogen-bond donors (Lipinski definition) is 3. The van der Waals surface area contributed by atoms with E-state index in [1.807, 2.05) is 13.1 Å². The number of amides is 1. The van der Waals surface area contributed by atoms with Gasteiger partial charge in [0.05, 0.1) is 27.7 Å². The number of fused-ring (bicyclic) bond motifs is 1. The summed E-state index contributed by atoms with van der Waals surface area (Å²) in [4.78, 5) is 27.4. The van der Waals surface area contributed by atoms with Crippen molar-refractivity contribution in [2.45, 2.75) is 25.6 Å². The maximum absolute atomic E-state index is 12.9. The molecule has 1 aromatic carbocycles. The van der Waals surface area contributed by atoms with Gasteiger partial charge in [0, 0.05) is 37.1 Å². The normalized spacial score (nSPS) is 13.1. The zero-order valence-corrected chi connectivity index (χ0v) is 19.5. The van der Waals surface area contributed by atoms with Crippen molar-refractivity contribution in [1.82, 2.24) is 29.7 Å². The summed E-state index contributed by atoms with van der Waals surface area (Å²) in [7, 11) is 0. The van der Waals surface area contributed by atoms with Gasteiger partial charge in [0.15, 0.2) is 11.3 Å². The van der Waals surface area contributed by atoms with E-state index in [0.29, 0.717) is 29.1 Å². The number of aromatic nitrogens is 5. The number of rotatable bonds is 8. The lowest BCUT2D eigenvalue weighted by Gasteiger charge is -2.22. The predicted molar refractivity (Wildman–Crippen MR) is 124 cm³/mol. The van der Waals surface area contributed by atoms with E-state index >= 15 is 0 Å². The second kappa shape index (κ2) is 9.67. The van der Waals surface area contributed by atoms with E-state index in [4.69, 9.17) is 0 Å². The van der Waals surface area contributed by atoms with Crippen molar-refractivity contribution in [2.24, 2.45) is 0 Å². The van der Waals surface area contributed by atoms with E-state index in [1.165, 1.54) is 34.8 Å². The molecule has 3 aromatic heterocycles. The average molecular weight is 530 g/mol. The molecule has 0 aliphatic rings. The Labute approximate surface area is 201 Å². The Morgan fingerprint density at radius 3 is 2.62 bits per heavy atom. The fraction of sp³-hybridized carbons (Fsp3) is 0.238.